The highest BCUT2D eigenvalue weighted by Crippen LogP contribution is 2.50. The standard InChI is InChI=1S/P5/c1-2-4-5-3-1/q-1. The van der Waals surface area contributed by atoms with Crippen molar-refractivity contribution in [2.24, 2.45) is 0 Å². The minimum absolute atomic E-state index is 1.61. The Kier molecular flexibility index (Phi) is 2.45. The predicted octanol–water partition coefficient (Wildman–Crippen LogP) is 4.31. The van der Waals surface area contributed by atoms with Gasteiger partial charge in [0.05, 0.1) is 0 Å². The average Bonchev–Trinajstić information content (AvgIpc) is 1.76. The highest BCUT2D eigenvalue weighted by atomic mass is 32.6. The van der Waals surface area contributed by atoms with Crippen LogP contribution < -0.4 is 0 Å². The van der Waals surface area contributed by atoms with E-state index in [0.717, 1.165) is 0 Å². The summed E-state index contributed by atoms with van der Waals surface area (Å²) in [7, 11) is 8.06. The van der Waals surface area contributed by atoms with Gasteiger partial charge in [0.2, 0.25) is 0 Å². The fourth-order valence-electron chi connectivity index (χ4n) is 0.0894. The minimum Gasteiger partial charge on any atom is -0.239 e. The van der Waals surface area contributed by atoms with Gasteiger partial charge in [-0.25, -0.2) is 15.1 Å². The van der Waals surface area contributed by atoms with Gasteiger partial charge in [-0.2, -0.15) is 22.6 Å². The Morgan fingerprint density at radius 3 is 1.80 bits per heavy atom. The average molecular weight is 155 g/mol. The summed E-state index contributed by atoms with van der Waals surface area (Å²) < 4.78 is 0. The van der Waals surface area contributed by atoms with E-state index >= 15 is 0 Å². The minimum atomic E-state index is 1.61. The molecule has 1 rings (SSSR count). The Morgan fingerprint density at radius 2 is 1.60 bits per heavy atom. The van der Waals surface area contributed by atoms with Crippen LogP contribution in [-0.2, 0) is 0 Å². The monoisotopic (exact) mass is 155 g/mol. The van der Waals surface area contributed by atoms with Crippen molar-refractivity contribution in [3.63, 3.8) is 0 Å². The number of rotatable bonds is 0. The summed E-state index contributed by atoms with van der Waals surface area (Å²) in [5.74, 6) is 0. The van der Waals surface area contributed by atoms with Crippen molar-refractivity contribution in [1.82, 2.24) is 0 Å². The molecule has 1 heterocycles. The van der Waals surface area contributed by atoms with Crippen molar-refractivity contribution in [3.8, 4) is 0 Å². The maximum Gasteiger partial charge on any atom is -0.173 e. The highest BCUT2D eigenvalue weighted by molar-refractivity contribution is 8.55. The van der Waals surface area contributed by atoms with Gasteiger partial charge in [0.15, 0.2) is 0 Å². The van der Waals surface area contributed by atoms with Gasteiger partial charge in [-0.05, 0) is 0 Å². The van der Waals surface area contributed by atoms with Gasteiger partial charge in [0, 0.05) is 0 Å². The van der Waals surface area contributed by atoms with E-state index in [1.807, 2.05) is 0 Å². The molecule has 0 N–H and O–H groups in total. The van der Waals surface area contributed by atoms with E-state index < -0.39 is 0 Å². The van der Waals surface area contributed by atoms with Crippen LogP contribution in [0, 0.1) is 0 Å². The second kappa shape index (κ2) is 2.64. The summed E-state index contributed by atoms with van der Waals surface area (Å²) in [5.41, 5.74) is 0. The zero-order valence-corrected chi connectivity index (χ0v) is 6.71. The molecule has 0 radical (unpaired) electrons. The number of hydrogen-bond donors (Lipinski definition) is 0. The van der Waals surface area contributed by atoms with Crippen LogP contribution in [0.3, 0.4) is 0 Å². The largest absolute Gasteiger partial charge is 0.239 e. The fourth-order valence-corrected chi connectivity index (χ4v) is 21.7. The summed E-state index contributed by atoms with van der Waals surface area (Å²) in [5, 5.41) is 0. The molecule has 0 aliphatic rings. The molecule has 0 bridgehead atoms. The molecule has 0 spiro atoms. The molecular weight excluding hydrogens is 155 g/mol. The Morgan fingerprint density at radius 1 is 1.00 bits per heavy atom. The summed E-state index contributed by atoms with van der Waals surface area (Å²) >= 11 is 0. The Balaban J connectivity index is 3.13. The van der Waals surface area contributed by atoms with Gasteiger partial charge >= 0.3 is 0 Å². The number of hydrogen-bond acceptors (Lipinski definition) is 0. The first-order valence-electron chi connectivity index (χ1n) is 1.000. The molecule has 0 aliphatic heterocycles. The molecular formula is P5-. The summed E-state index contributed by atoms with van der Waals surface area (Å²) in [6, 6.07) is 0. The van der Waals surface area contributed by atoms with Gasteiger partial charge in [-0.1, -0.05) is 0 Å². The third-order valence-electron chi connectivity index (χ3n) is 0.200. The maximum absolute atomic E-state index is 1.61. The van der Waals surface area contributed by atoms with E-state index in [-0.39, 0.29) is 0 Å². The quantitative estimate of drug-likeness (QED) is 0.523. The molecule has 26 valence electrons. The first-order valence-corrected chi connectivity index (χ1v) is 9.00. The summed E-state index contributed by atoms with van der Waals surface area (Å²) in [6.45, 7) is 0. The second-order valence-electron chi connectivity index (χ2n) is 0.447. The SMILES string of the molecule is p1pp[p-]p1. The Hall–Kier alpha value is 1.50. The van der Waals surface area contributed by atoms with Crippen LogP contribution in [0.2, 0.25) is 0 Å². The molecule has 5 heavy (non-hydrogen) atoms. The van der Waals surface area contributed by atoms with Crippen LogP contribution in [0.5, 0.6) is 0 Å². The Labute approximate surface area is 38.4 Å². The molecule has 0 fully saturated rings. The molecule has 0 amide bonds. The van der Waals surface area contributed by atoms with Crippen LogP contribution in [0.1, 0.15) is 0 Å². The third kappa shape index (κ3) is 1.59. The van der Waals surface area contributed by atoms with Gasteiger partial charge < -0.3 is 0 Å². The van der Waals surface area contributed by atoms with E-state index in [0.29, 0.717) is 0 Å². The van der Waals surface area contributed by atoms with Crippen LogP contribution in [0.15, 0.2) is 0 Å². The molecule has 0 aliphatic carbocycles. The smallest absolute Gasteiger partial charge is 0.173 e. The first-order chi connectivity index (χ1) is 2.50. The van der Waals surface area contributed by atoms with Crippen LogP contribution in [0.25, 0.3) is 0 Å². The van der Waals surface area contributed by atoms with E-state index in [1.165, 1.54) is 0 Å². The van der Waals surface area contributed by atoms with Crippen molar-refractivity contribution in [1.29, 1.82) is 0 Å². The van der Waals surface area contributed by atoms with Gasteiger partial charge in [0.25, 0.3) is 0 Å². The highest BCUT2D eigenvalue weighted by Gasteiger charge is 1.44. The van der Waals surface area contributed by atoms with Crippen molar-refractivity contribution >= 4 is 37.7 Å². The molecule has 0 nitrogen and oxygen atoms in total. The van der Waals surface area contributed by atoms with Crippen molar-refractivity contribution in [2.45, 2.75) is 0 Å². The lowest BCUT2D eigenvalue weighted by atomic mass is 29.7. The summed E-state index contributed by atoms with van der Waals surface area (Å²) in [4.78, 5) is 0. The van der Waals surface area contributed by atoms with Gasteiger partial charge in [0.1, 0.15) is 0 Å². The molecule has 0 aromatic carbocycles. The van der Waals surface area contributed by atoms with Gasteiger partial charge in [-0.3, -0.25) is 0 Å². The van der Waals surface area contributed by atoms with Gasteiger partial charge in [-0.15, -0.1) is 0 Å². The van der Waals surface area contributed by atoms with Crippen molar-refractivity contribution < 1.29 is 0 Å². The molecule has 0 saturated heterocycles. The Bertz CT molecular complexity index is 56.5. The van der Waals surface area contributed by atoms with Crippen LogP contribution in [-0.4, -0.2) is 0 Å². The maximum atomic E-state index is 1.61. The van der Waals surface area contributed by atoms with E-state index in [9.17, 15) is 0 Å². The molecule has 5 heteroatoms. The molecule has 1 aromatic heterocycles. The van der Waals surface area contributed by atoms with E-state index in [4.69, 9.17) is 0 Å². The van der Waals surface area contributed by atoms with Crippen molar-refractivity contribution in [2.75, 3.05) is 0 Å². The normalized spacial score (nSPS) is 16.0. The molecule has 1 aromatic rings. The molecule has 0 saturated carbocycles. The fraction of sp³-hybridized carbons (Fsp3) is 0. The third-order valence-corrected chi connectivity index (χ3v) is 16.2. The van der Waals surface area contributed by atoms with E-state index in [2.05, 4.69) is 0 Å². The predicted molar refractivity (Wildman–Crippen MR) is 34.6 cm³/mol. The van der Waals surface area contributed by atoms with Crippen LogP contribution in [0.4, 0.5) is 0 Å². The van der Waals surface area contributed by atoms with Crippen LogP contribution >= 0.6 is 37.7 Å². The first kappa shape index (κ1) is 4.65. The molecule has 0 atom stereocenters. The topological polar surface area (TPSA) is 0 Å². The lowest BCUT2D eigenvalue weighted by molar-refractivity contribution is 5.60. The second-order valence-corrected chi connectivity index (χ2v) is 12.1. The molecule has 0 unspecified atom stereocenters. The van der Waals surface area contributed by atoms with Crippen molar-refractivity contribution in [3.05, 3.63) is 0 Å². The van der Waals surface area contributed by atoms with E-state index in [1.54, 1.807) is 37.7 Å². The zero-order valence-electron chi connectivity index (χ0n) is 2.24. The lowest BCUT2D eigenvalue weighted by Gasteiger charge is -1.54. The summed E-state index contributed by atoms with van der Waals surface area (Å²) in [6.07, 6.45) is 0. The lowest BCUT2D eigenvalue weighted by Crippen LogP contribution is -0.459. The zero-order chi connectivity index (χ0) is 3.54.